The first-order valence-electron chi connectivity index (χ1n) is 7.15. The lowest BCUT2D eigenvalue weighted by atomic mass is 10.1. The van der Waals surface area contributed by atoms with E-state index < -0.39 is 0 Å². The number of anilines is 1. The molecule has 0 aromatic carbocycles. The fourth-order valence-electron chi connectivity index (χ4n) is 2.34. The normalized spacial score (nSPS) is 15.4. The number of carbonyl (C=O) groups excluding carboxylic acids is 1. The third-order valence-electron chi connectivity index (χ3n) is 3.48. The zero-order valence-electron chi connectivity index (χ0n) is 11.5. The van der Waals surface area contributed by atoms with Gasteiger partial charge in [-0.2, -0.15) is 0 Å². The minimum atomic E-state index is -0.124. The summed E-state index contributed by atoms with van der Waals surface area (Å²) in [6.45, 7) is 3.71. The SMILES string of the molecule is CCCNc1ccc(C(=O)NCC2CCCC2)nn1. The first-order chi connectivity index (χ1) is 9.29. The molecule has 0 bridgehead atoms. The second kappa shape index (κ2) is 7.07. The van der Waals surface area contributed by atoms with Gasteiger partial charge in [-0.25, -0.2) is 0 Å². The third-order valence-corrected chi connectivity index (χ3v) is 3.48. The van der Waals surface area contributed by atoms with Crippen molar-refractivity contribution < 1.29 is 4.79 Å². The molecule has 5 nitrogen and oxygen atoms in total. The molecule has 104 valence electrons. The van der Waals surface area contributed by atoms with Gasteiger partial charge in [0.1, 0.15) is 5.82 Å². The van der Waals surface area contributed by atoms with E-state index in [1.807, 2.05) is 0 Å². The van der Waals surface area contributed by atoms with E-state index in [1.165, 1.54) is 25.7 Å². The molecule has 2 N–H and O–H groups in total. The van der Waals surface area contributed by atoms with E-state index in [0.29, 0.717) is 17.4 Å². The zero-order chi connectivity index (χ0) is 13.5. The van der Waals surface area contributed by atoms with Gasteiger partial charge in [-0.1, -0.05) is 19.8 Å². The molecule has 1 fully saturated rings. The number of nitrogens with one attached hydrogen (secondary N) is 2. The average Bonchev–Trinajstić information content (AvgIpc) is 2.96. The molecule has 1 aliphatic rings. The Bertz CT molecular complexity index is 398. The minimum Gasteiger partial charge on any atom is -0.369 e. The van der Waals surface area contributed by atoms with Gasteiger partial charge >= 0.3 is 0 Å². The first kappa shape index (κ1) is 13.8. The highest BCUT2D eigenvalue weighted by molar-refractivity contribution is 5.92. The monoisotopic (exact) mass is 262 g/mol. The van der Waals surface area contributed by atoms with Gasteiger partial charge in [0, 0.05) is 13.1 Å². The van der Waals surface area contributed by atoms with Crippen LogP contribution in [0, 0.1) is 5.92 Å². The van der Waals surface area contributed by atoms with Crippen molar-refractivity contribution in [1.29, 1.82) is 0 Å². The van der Waals surface area contributed by atoms with Crippen molar-refractivity contribution >= 4 is 11.7 Å². The van der Waals surface area contributed by atoms with Crippen LogP contribution in [0.2, 0.25) is 0 Å². The van der Waals surface area contributed by atoms with E-state index in [2.05, 4.69) is 27.8 Å². The molecule has 0 spiro atoms. The van der Waals surface area contributed by atoms with Crippen LogP contribution in [0.1, 0.15) is 49.5 Å². The van der Waals surface area contributed by atoms with Crippen molar-refractivity contribution in [3.63, 3.8) is 0 Å². The van der Waals surface area contributed by atoms with Crippen LogP contribution in [-0.4, -0.2) is 29.2 Å². The van der Waals surface area contributed by atoms with Crippen LogP contribution in [0.5, 0.6) is 0 Å². The van der Waals surface area contributed by atoms with Crippen molar-refractivity contribution in [3.05, 3.63) is 17.8 Å². The van der Waals surface area contributed by atoms with Crippen molar-refractivity contribution in [1.82, 2.24) is 15.5 Å². The summed E-state index contributed by atoms with van der Waals surface area (Å²) in [6, 6.07) is 3.52. The van der Waals surface area contributed by atoms with Crippen LogP contribution in [-0.2, 0) is 0 Å². The molecule has 1 aliphatic carbocycles. The maximum absolute atomic E-state index is 11.9. The van der Waals surface area contributed by atoms with E-state index in [-0.39, 0.29) is 5.91 Å². The molecule has 0 atom stereocenters. The number of aromatic nitrogens is 2. The first-order valence-corrected chi connectivity index (χ1v) is 7.15. The summed E-state index contributed by atoms with van der Waals surface area (Å²) in [5.41, 5.74) is 0.389. The van der Waals surface area contributed by atoms with Crippen LogP contribution in [0.4, 0.5) is 5.82 Å². The molecule has 1 amide bonds. The number of rotatable bonds is 6. The molecule has 1 aromatic heterocycles. The predicted octanol–water partition coefficient (Wildman–Crippen LogP) is 2.22. The molecule has 2 rings (SSSR count). The largest absolute Gasteiger partial charge is 0.369 e. The molecule has 0 aliphatic heterocycles. The summed E-state index contributed by atoms with van der Waals surface area (Å²) in [5.74, 6) is 1.23. The summed E-state index contributed by atoms with van der Waals surface area (Å²) in [6.07, 6.45) is 6.07. The topological polar surface area (TPSA) is 66.9 Å². The van der Waals surface area contributed by atoms with Gasteiger partial charge in [-0.05, 0) is 37.3 Å². The van der Waals surface area contributed by atoms with Crippen molar-refractivity contribution in [2.45, 2.75) is 39.0 Å². The number of hydrogen-bond donors (Lipinski definition) is 2. The van der Waals surface area contributed by atoms with Crippen molar-refractivity contribution in [2.24, 2.45) is 5.92 Å². The number of nitrogens with zero attached hydrogens (tertiary/aromatic N) is 2. The quantitative estimate of drug-likeness (QED) is 0.825. The molecule has 19 heavy (non-hydrogen) atoms. The Morgan fingerprint density at radius 3 is 2.74 bits per heavy atom. The summed E-state index contributed by atoms with van der Waals surface area (Å²) in [4.78, 5) is 11.9. The maximum Gasteiger partial charge on any atom is 0.271 e. The molecule has 1 heterocycles. The molecular formula is C14H22N4O. The Labute approximate surface area is 114 Å². The summed E-state index contributed by atoms with van der Waals surface area (Å²) in [7, 11) is 0. The second-order valence-corrected chi connectivity index (χ2v) is 5.09. The van der Waals surface area contributed by atoms with Gasteiger partial charge in [-0.15, -0.1) is 10.2 Å². The van der Waals surface area contributed by atoms with Gasteiger partial charge in [0.2, 0.25) is 0 Å². The maximum atomic E-state index is 11.9. The number of hydrogen-bond acceptors (Lipinski definition) is 4. The molecule has 5 heteroatoms. The van der Waals surface area contributed by atoms with E-state index in [4.69, 9.17) is 0 Å². The van der Waals surface area contributed by atoms with Crippen molar-refractivity contribution in [2.75, 3.05) is 18.4 Å². The Hall–Kier alpha value is -1.65. The Balaban J connectivity index is 1.81. The summed E-state index contributed by atoms with van der Waals surface area (Å²) >= 11 is 0. The Morgan fingerprint density at radius 2 is 2.11 bits per heavy atom. The smallest absolute Gasteiger partial charge is 0.271 e. The molecule has 0 radical (unpaired) electrons. The second-order valence-electron chi connectivity index (χ2n) is 5.09. The van der Waals surface area contributed by atoms with Crippen LogP contribution in [0.3, 0.4) is 0 Å². The fourth-order valence-corrected chi connectivity index (χ4v) is 2.34. The highest BCUT2D eigenvalue weighted by atomic mass is 16.1. The summed E-state index contributed by atoms with van der Waals surface area (Å²) < 4.78 is 0. The lowest BCUT2D eigenvalue weighted by molar-refractivity contribution is 0.0941. The third kappa shape index (κ3) is 4.19. The van der Waals surface area contributed by atoms with Gasteiger partial charge in [0.15, 0.2) is 5.69 Å². The van der Waals surface area contributed by atoms with Gasteiger partial charge < -0.3 is 10.6 Å². The lowest BCUT2D eigenvalue weighted by Gasteiger charge is -2.10. The Morgan fingerprint density at radius 1 is 1.32 bits per heavy atom. The van der Waals surface area contributed by atoms with E-state index in [9.17, 15) is 4.79 Å². The van der Waals surface area contributed by atoms with E-state index in [1.54, 1.807) is 12.1 Å². The number of carbonyl (C=O) groups is 1. The van der Waals surface area contributed by atoms with E-state index in [0.717, 1.165) is 19.5 Å². The fraction of sp³-hybridized carbons (Fsp3) is 0.643. The van der Waals surface area contributed by atoms with Gasteiger partial charge in [0.05, 0.1) is 0 Å². The molecule has 0 unspecified atom stereocenters. The van der Waals surface area contributed by atoms with Crippen LogP contribution in [0.15, 0.2) is 12.1 Å². The predicted molar refractivity (Wildman–Crippen MR) is 75.1 cm³/mol. The Kier molecular flexibility index (Phi) is 5.12. The molecule has 1 saturated carbocycles. The summed E-state index contributed by atoms with van der Waals surface area (Å²) in [5, 5.41) is 14.0. The molecular weight excluding hydrogens is 240 g/mol. The average molecular weight is 262 g/mol. The standard InChI is InChI=1S/C14H22N4O/c1-2-9-15-13-8-7-12(17-18-13)14(19)16-10-11-5-3-4-6-11/h7-8,11H,2-6,9-10H2,1H3,(H,15,18)(H,16,19). The number of amides is 1. The molecule has 0 saturated heterocycles. The minimum absolute atomic E-state index is 0.124. The highest BCUT2D eigenvalue weighted by Gasteiger charge is 2.16. The zero-order valence-corrected chi connectivity index (χ0v) is 11.5. The van der Waals surface area contributed by atoms with Crippen molar-refractivity contribution in [3.8, 4) is 0 Å². The van der Waals surface area contributed by atoms with Crippen LogP contribution >= 0.6 is 0 Å². The van der Waals surface area contributed by atoms with Crippen LogP contribution < -0.4 is 10.6 Å². The van der Waals surface area contributed by atoms with Gasteiger partial charge in [-0.3, -0.25) is 4.79 Å². The van der Waals surface area contributed by atoms with Gasteiger partial charge in [0.25, 0.3) is 5.91 Å². The van der Waals surface area contributed by atoms with Crippen LogP contribution in [0.25, 0.3) is 0 Å². The highest BCUT2D eigenvalue weighted by Crippen LogP contribution is 2.23. The van der Waals surface area contributed by atoms with E-state index >= 15 is 0 Å². The molecule has 1 aromatic rings. The lowest BCUT2D eigenvalue weighted by Crippen LogP contribution is -2.29.